The van der Waals surface area contributed by atoms with E-state index in [0.717, 1.165) is 24.5 Å². The molecule has 0 aliphatic carbocycles. The normalized spacial score (nSPS) is 13.5. The first kappa shape index (κ1) is 25.8. The summed E-state index contributed by atoms with van der Waals surface area (Å²) in [7, 11) is 1.98. The van der Waals surface area contributed by atoms with Crippen LogP contribution in [0.4, 0.5) is 5.69 Å². The van der Waals surface area contributed by atoms with Crippen molar-refractivity contribution >= 4 is 5.69 Å². The van der Waals surface area contributed by atoms with Crippen molar-refractivity contribution in [1.82, 2.24) is 4.90 Å². The van der Waals surface area contributed by atoms with Crippen molar-refractivity contribution in [2.24, 2.45) is 5.41 Å². The molecule has 2 atom stereocenters. The molecular weight excluding hydrogens is 420 g/mol. The summed E-state index contributed by atoms with van der Waals surface area (Å²) in [6.45, 7) is 11.7. The minimum absolute atomic E-state index is 0.0976. The third-order valence-corrected chi connectivity index (χ3v) is 6.12. The second kappa shape index (κ2) is 12.0. The highest BCUT2D eigenvalue weighted by Gasteiger charge is 2.31. The molecule has 4 heteroatoms. The number of benzene rings is 3. The third kappa shape index (κ3) is 7.34. The van der Waals surface area contributed by atoms with Crippen LogP contribution in [0.1, 0.15) is 44.9 Å². The molecule has 0 spiro atoms. The quantitative estimate of drug-likeness (QED) is 0.371. The molecule has 0 fully saturated rings. The highest BCUT2D eigenvalue weighted by atomic mass is 16.5. The smallest absolute Gasteiger partial charge is 0.119 e. The zero-order chi connectivity index (χ0) is 24.6. The SMILES string of the molecule is CCN(Cc1cccc(OCC(O)CN(C)c2ccccc2)c1)C(c1ccccc1)C(C)(C)C. The van der Waals surface area contributed by atoms with Gasteiger partial charge in [0.05, 0.1) is 0 Å². The Kier molecular flexibility index (Phi) is 9.14. The maximum Gasteiger partial charge on any atom is 0.119 e. The van der Waals surface area contributed by atoms with Gasteiger partial charge in [0.25, 0.3) is 0 Å². The fourth-order valence-corrected chi connectivity index (χ4v) is 4.60. The van der Waals surface area contributed by atoms with Crippen LogP contribution >= 0.6 is 0 Å². The number of likely N-dealkylation sites (N-methyl/N-ethyl adjacent to an activating group) is 1. The van der Waals surface area contributed by atoms with E-state index in [0.29, 0.717) is 12.6 Å². The molecule has 3 rings (SSSR count). The largest absolute Gasteiger partial charge is 0.491 e. The zero-order valence-corrected chi connectivity index (χ0v) is 21.3. The Bertz CT molecular complexity index is 985. The van der Waals surface area contributed by atoms with Gasteiger partial charge in [0, 0.05) is 31.9 Å². The Morgan fingerprint density at radius 1 is 0.882 bits per heavy atom. The summed E-state index contributed by atoms with van der Waals surface area (Å²) in [5, 5.41) is 10.5. The van der Waals surface area contributed by atoms with E-state index in [2.05, 4.69) is 75.1 Å². The van der Waals surface area contributed by atoms with Gasteiger partial charge in [-0.3, -0.25) is 4.90 Å². The second-order valence-electron chi connectivity index (χ2n) is 10.1. The number of aliphatic hydroxyl groups is 1. The van der Waals surface area contributed by atoms with Crippen molar-refractivity contribution in [3.05, 3.63) is 96.1 Å². The molecule has 182 valence electrons. The summed E-state index contributed by atoms with van der Waals surface area (Å²) in [5.74, 6) is 0.794. The Labute approximate surface area is 205 Å². The minimum atomic E-state index is -0.579. The van der Waals surface area contributed by atoms with Crippen molar-refractivity contribution < 1.29 is 9.84 Å². The number of para-hydroxylation sites is 1. The monoisotopic (exact) mass is 460 g/mol. The van der Waals surface area contributed by atoms with E-state index >= 15 is 0 Å². The molecule has 4 nitrogen and oxygen atoms in total. The molecule has 0 radical (unpaired) electrons. The standard InChI is InChI=1S/C30H40N2O2/c1-6-32(29(30(2,3)4)25-15-9-7-10-16-25)21-24-14-13-19-28(20-24)34-23-27(33)22-31(5)26-17-11-8-12-18-26/h7-20,27,29,33H,6,21-23H2,1-5H3. The van der Waals surface area contributed by atoms with Gasteiger partial charge < -0.3 is 14.7 Å². The van der Waals surface area contributed by atoms with Gasteiger partial charge in [0.1, 0.15) is 18.5 Å². The Morgan fingerprint density at radius 3 is 2.15 bits per heavy atom. The van der Waals surface area contributed by atoms with Crippen molar-refractivity contribution in [2.45, 2.75) is 46.4 Å². The second-order valence-corrected chi connectivity index (χ2v) is 10.1. The molecule has 0 saturated carbocycles. The summed E-state index contributed by atoms with van der Waals surface area (Å²) < 4.78 is 5.98. The van der Waals surface area contributed by atoms with Gasteiger partial charge in [-0.15, -0.1) is 0 Å². The maximum absolute atomic E-state index is 10.5. The third-order valence-electron chi connectivity index (χ3n) is 6.12. The van der Waals surface area contributed by atoms with Crippen LogP contribution in [0, 0.1) is 5.41 Å². The van der Waals surface area contributed by atoms with Gasteiger partial charge in [0.15, 0.2) is 0 Å². The topological polar surface area (TPSA) is 35.9 Å². The lowest BCUT2D eigenvalue weighted by atomic mass is 9.81. The highest BCUT2D eigenvalue weighted by Crippen LogP contribution is 2.38. The van der Waals surface area contributed by atoms with Crippen LogP contribution in [0.3, 0.4) is 0 Å². The van der Waals surface area contributed by atoms with Crippen LogP contribution in [-0.2, 0) is 6.54 Å². The van der Waals surface area contributed by atoms with Crippen LogP contribution in [-0.4, -0.2) is 42.9 Å². The lowest BCUT2D eigenvalue weighted by molar-refractivity contribution is 0.0965. The van der Waals surface area contributed by atoms with E-state index in [4.69, 9.17) is 4.74 Å². The van der Waals surface area contributed by atoms with Gasteiger partial charge in [-0.1, -0.05) is 88.4 Å². The summed E-state index contributed by atoms with van der Waals surface area (Å²) in [5.41, 5.74) is 3.73. The van der Waals surface area contributed by atoms with Crippen LogP contribution in [0.5, 0.6) is 5.75 Å². The van der Waals surface area contributed by atoms with Crippen molar-refractivity contribution in [2.75, 3.05) is 31.6 Å². The molecule has 0 aliphatic heterocycles. The van der Waals surface area contributed by atoms with Gasteiger partial charge in [0.2, 0.25) is 0 Å². The minimum Gasteiger partial charge on any atom is -0.491 e. The molecule has 1 N–H and O–H groups in total. The lowest BCUT2D eigenvalue weighted by Gasteiger charge is -2.40. The summed E-state index contributed by atoms with van der Waals surface area (Å²) >= 11 is 0. The van der Waals surface area contributed by atoms with E-state index in [-0.39, 0.29) is 12.0 Å². The van der Waals surface area contributed by atoms with Crippen molar-refractivity contribution in [1.29, 1.82) is 0 Å². The average molecular weight is 461 g/mol. The number of aliphatic hydroxyl groups excluding tert-OH is 1. The predicted octanol–water partition coefficient (Wildman–Crippen LogP) is 6.17. The van der Waals surface area contributed by atoms with Crippen LogP contribution in [0.15, 0.2) is 84.9 Å². The first-order valence-corrected chi connectivity index (χ1v) is 12.2. The fourth-order valence-electron chi connectivity index (χ4n) is 4.60. The Hall–Kier alpha value is -2.82. The predicted molar refractivity (Wildman–Crippen MR) is 142 cm³/mol. The summed E-state index contributed by atoms with van der Waals surface area (Å²) in [6, 6.07) is 29.4. The van der Waals surface area contributed by atoms with E-state index in [1.54, 1.807) is 0 Å². The maximum atomic E-state index is 10.5. The summed E-state index contributed by atoms with van der Waals surface area (Å²) in [4.78, 5) is 4.57. The number of hydrogen-bond acceptors (Lipinski definition) is 4. The molecule has 0 amide bonds. The number of ether oxygens (including phenoxy) is 1. The van der Waals surface area contributed by atoms with E-state index in [9.17, 15) is 5.11 Å². The zero-order valence-electron chi connectivity index (χ0n) is 21.3. The molecule has 3 aromatic carbocycles. The Morgan fingerprint density at radius 2 is 1.53 bits per heavy atom. The average Bonchev–Trinajstić information content (AvgIpc) is 2.83. The first-order chi connectivity index (χ1) is 16.3. The molecule has 0 bridgehead atoms. The van der Waals surface area contributed by atoms with E-state index < -0.39 is 6.10 Å². The van der Waals surface area contributed by atoms with Crippen molar-refractivity contribution in [3.8, 4) is 5.75 Å². The molecule has 2 unspecified atom stereocenters. The van der Waals surface area contributed by atoms with Gasteiger partial charge in [-0.05, 0) is 47.4 Å². The number of hydrogen-bond donors (Lipinski definition) is 1. The number of nitrogens with zero attached hydrogens (tertiary/aromatic N) is 2. The van der Waals surface area contributed by atoms with Gasteiger partial charge in [-0.25, -0.2) is 0 Å². The van der Waals surface area contributed by atoms with E-state index in [1.165, 1.54) is 11.1 Å². The molecule has 0 saturated heterocycles. The van der Waals surface area contributed by atoms with E-state index in [1.807, 2.05) is 54.4 Å². The van der Waals surface area contributed by atoms with Crippen LogP contribution in [0.2, 0.25) is 0 Å². The molecule has 0 aromatic heterocycles. The fraction of sp³-hybridized carbons (Fsp3) is 0.400. The highest BCUT2D eigenvalue weighted by molar-refractivity contribution is 5.45. The molecule has 0 aliphatic rings. The van der Waals surface area contributed by atoms with Gasteiger partial charge >= 0.3 is 0 Å². The molecular formula is C30H40N2O2. The molecule has 0 heterocycles. The summed E-state index contributed by atoms with van der Waals surface area (Å²) in [6.07, 6.45) is -0.579. The first-order valence-electron chi connectivity index (χ1n) is 12.2. The lowest BCUT2D eigenvalue weighted by Crippen LogP contribution is -2.36. The molecule has 3 aromatic rings. The molecule has 34 heavy (non-hydrogen) atoms. The Balaban J connectivity index is 1.63. The van der Waals surface area contributed by atoms with Crippen molar-refractivity contribution in [3.63, 3.8) is 0 Å². The number of rotatable bonds is 11. The van der Waals surface area contributed by atoms with Gasteiger partial charge in [-0.2, -0.15) is 0 Å². The number of anilines is 1. The van der Waals surface area contributed by atoms with Crippen LogP contribution < -0.4 is 9.64 Å². The van der Waals surface area contributed by atoms with Crippen LogP contribution in [0.25, 0.3) is 0 Å².